The zero-order valence-electron chi connectivity index (χ0n) is 15.2. The zero-order chi connectivity index (χ0) is 19.4. The van der Waals surface area contributed by atoms with Crippen molar-refractivity contribution in [3.63, 3.8) is 0 Å². The highest BCUT2D eigenvalue weighted by atomic mass is 32.1. The summed E-state index contributed by atoms with van der Waals surface area (Å²) in [6, 6.07) is 5.05. The lowest BCUT2D eigenvalue weighted by Crippen LogP contribution is -2.51. The largest absolute Gasteiger partial charge is 0.493 e. The first-order chi connectivity index (χ1) is 13.0. The van der Waals surface area contributed by atoms with Gasteiger partial charge in [0.05, 0.1) is 33.0 Å². The van der Waals surface area contributed by atoms with Crippen LogP contribution in [-0.4, -0.2) is 50.2 Å². The second-order valence-electron chi connectivity index (χ2n) is 6.25. The number of likely N-dealkylation sites (tertiary alicyclic amines) is 1. The molecule has 3 rings (SSSR count). The molecule has 0 aliphatic carbocycles. The lowest BCUT2D eigenvalue weighted by Gasteiger charge is -2.34. The molecular formula is C19H21FN2O4S. The smallest absolute Gasteiger partial charge is 0.254 e. The molecule has 0 bridgehead atoms. The molecule has 27 heavy (non-hydrogen) atoms. The average Bonchev–Trinajstić information content (AvgIpc) is 3.16. The summed E-state index contributed by atoms with van der Waals surface area (Å²) in [6.45, 7) is 0.158. The monoisotopic (exact) mass is 392 g/mol. The fourth-order valence-electron chi connectivity index (χ4n) is 2.86. The summed E-state index contributed by atoms with van der Waals surface area (Å²) in [5.74, 6) is 0.163. The Balaban J connectivity index is 1.78. The number of amides is 2. The van der Waals surface area contributed by atoms with Crippen LogP contribution < -0.4 is 14.8 Å². The highest BCUT2D eigenvalue weighted by Gasteiger charge is 2.32. The Bertz CT molecular complexity index is 819. The number of anilines is 1. The van der Waals surface area contributed by atoms with Crippen LogP contribution in [0.2, 0.25) is 0 Å². The molecule has 0 saturated carbocycles. The van der Waals surface area contributed by atoms with E-state index in [9.17, 15) is 14.0 Å². The van der Waals surface area contributed by atoms with Crippen LogP contribution in [0.5, 0.6) is 11.5 Å². The number of thiophene rings is 1. The van der Waals surface area contributed by atoms with Crippen molar-refractivity contribution < 1.29 is 23.5 Å². The first-order valence-corrected chi connectivity index (χ1v) is 9.46. The summed E-state index contributed by atoms with van der Waals surface area (Å²) in [6.07, 6.45) is -0.0554. The minimum atomic E-state index is -0.981. The lowest BCUT2D eigenvalue weighted by atomic mass is 10.1. The molecule has 1 aliphatic rings. The molecular weight excluding hydrogens is 371 g/mol. The fourth-order valence-corrected chi connectivity index (χ4v) is 3.56. The van der Waals surface area contributed by atoms with Gasteiger partial charge in [-0.3, -0.25) is 9.59 Å². The van der Waals surface area contributed by atoms with Crippen molar-refractivity contribution >= 4 is 28.8 Å². The van der Waals surface area contributed by atoms with E-state index in [0.717, 1.165) is 5.56 Å². The van der Waals surface area contributed by atoms with Gasteiger partial charge in [0.1, 0.15) is 6.17 Å². The summed E-state index contributed by atoms with van der Waals surface area (Å²) >= 11 is 1.58. The van der Waals surface area contributed by atoms with Crippen LogP contribution in [-0.2, 0) is 11.2 Å². The van der Waals surface area contributed by atoms with Gasteiger partial charge in [-0.05, 0) is 40.9 Å². The number of alkyl halides is 1. The van der Waals surface area contributed by atoms with Gasteiger partial charge in [-0.15, -0.1) is 0 Å². The average molecular weight is 392 g/mol. The van der Waals surface area contributed by atoms with Crippen molar-refractivity contribution in [1.29, 1.82) is 0 Å². The van der Waals surface area contributed by atoms with E-state index in [1.54, 1.807) is 11.3 Å². The molecule has 0 radical (unpaired) electrons. The Morgan fingerprint density at radius 3 is 2.67 bits per heavy atom. The van der Waals surface area contributed by atoms with Crippen LogP contribution in [0.1, 0.15) is 22.3 Å². The van der Waals surface area contributed by atoms with E-state index in [-0.39, 0.29) is 24.9 Å². The molecule has 6 nitrogen and oxygen atoms in total. The van der Waals surface area contributed by atoms with Crippen LogP contribution in [0.25, 0.3) is 0 Å². The van der Waals surface area contributed by atoms with Crippen LogP contribution in [0.15, 0.2) is 29.0 Å². The van der Waals surface area contributed by atoms with Crippen molar-refractivity contribution in [2.75, 3.05) is 32.6 Å². The number of methoxy groups -OCH3 is 2. The number of carbonyl (C=O) groups is 2. The van der Waals surface area contributed by atoms with Gasteiger partial charge in [0.15, 0.2) is 11.5 Å². The van der Waals surface area contributed by atoms with Crippen LogP contribution >= 0.6 is 11.3 Å². The number of hydrogen-bond donors (Lipinski definition) is 1. The fraction of sp³-hybridized carbons (Fsp3) is 0.368. The summed E-state index contributed by atoms with van der Waals surface area (Å²) in [5.41, 5.74) is 1.77. The van der Waals surface area contributed by atoms with Crippen molar-refractivity contribution in [2.24, 2.45) is 0 Å². The van der Waals surface area contributed by atoms with E-state index in [4.69, 9.17) is 9.47 Å². The molecule has 0 unspecified atom stereocenters. The van der Waals surface area contributed by atoms with Gasteiger partial charge in [-0.1, -0.05) is 0 Å². The number of benzene rings is 1. The van der Waals surface area contributed by atoms with Crippen molar-refractivity contribution in [2.45, 2.75) is 19.0 Å². The number of halogens is 1. The third-order valence-electron chi connectivity index (χ3n) is 4.34. The minimum Gasteiger partial charge on any atom is -0.493 e. The van der Waals surface area contributed by atoms with Gasteiger partial charge >= 0.3 is 0 Å². The number of carbonyl (C=O) groups excluding carboxylic acids is 2. The maximum Gasteiger partial charge on any atom is 0.254 e. The van der Waals surface area contributed by atoms with E-state index in [0.29, 0.717) is 35.6 Å². The zero-order valence-corrected chi connectivity index (χ0v) is 16.0. The van der Waals surface area contributed by atoms with E-state index in [2.05, 4.69) is 5.32 Å². The molecule has 1 fully saturated rings. The summed E-state index contributed by atoms with van der Waals surface area (Å²) in [7, 11) is 2.92. The van der Waals surface area contributed by atoms with Crippen molar-refractivity contribution in [3.8, 4) is 11.5 Å². The normalized spacial score (nSPS) is 13.8. The molecule has 8 heteroatoms. The second kappa shape index (κ2) is 8.39. The lowest BCUT2D eigenvalue weighted by molar-refractivity contribution is -0.116. The molecule has 1 saturated heterocycles. The Morgan fingerprint density at radius 2 is 2.07 bits per heavy atom. The summed E-state index contributed by atoms with van der Waals surface area (Å²) in [4.78, 5) is 26.3. The standard InChI is InChI=1S/C19H21FN2O4S/c1-25-16-8-13(19(24)22-9-14(20)10-22)7-15(18(16)26-2)21-17(23)4-3-12-5-6-27-11-12/h5-8,11,14H,3-4,9-10H2,1-2H3,(H,21,23). The minimum absolute atomic E-state index is 0.0789. The topological polar surface area (TPSA) is 67.9 Å². The Labute approximate surface area is 160 Å². The van der Waals surface area contributed by atoms with Crippen LogP contribution in [0, 0.1) is 0 Å². The highest BCUT2D eigenvalue weighted by Crippen LogP contribution is 2.37. The van der Waals surface area contributed by atoms with E-state index >= 15 is 0 Å². The van der Waals surface area contributed by atoms with Gasteiger partial charge in [-0.2, -0.15) is 11.3 Å². The van der Waals surface area contributed by atoms with Crippen LogP contribution in [0.3, 0.4) is 0 Å². The molecule has 2 aromatic rings. The van der Waals surface area contributed by atoms with E-state index in [1.165, 1.54) is 31.3 Å². The third-order valence-corrected chi connectivity index (χ3v) is 5.08. The predicted molar refractivity (Wildman–Crippen MR) is 102 cm³/mol. The van der Waals surface area contributed by atoms with Crippen molar-refractivity contribution in [3.05, 3.63) is 40.1 Å². The Hall–Kier alpha value is -2.61. The quantitative estimate of drug-likeness (QED) is 0.786. The molecule has 1 N–H and O–H groups in total. The first kappa shape index (κ1) is 19.2. The Morgan fingerprint density at radius 1 is 1.30 bits per heavy atom. The van der Waals surface area contributed by atoms with Gasteiger partial charge < -0.3 is 19.7 Å². The number of rotatable bonds is 7. The molecule has 1 aromatic carbocycles. The Kier molecular flexibility index (Phi) is 5.95. The molecule has 144 valence electrons. The number of nitrogens with one attached hydrogen (secondary N) is 1. The summed E-state index contributed by atoms with van der Waals surface area (Å²) in [5, 5.41) is 6.76. The number of ether oxygens (including phenoxy) is 2. The molecule has 1 aromatic heterocycles. The van der Waals surface area contributed by atoms with E-state index < -0.39 is 6.17 Å². The predicted octanol–water partition coefficient (Wildman–Crippen LogP) is 3.13. The highest BCUT2D eigenvalue weighted by molar-refractivity contribution is 7.07. The number of hydrogen-bond acceptors (Lipinski definition) is 5. The van der Waals surface area contributed by atoms with Crippen molar-refractivity contribution in [1.82, 2.24) is 4.90 Å². The molecule has 0 atom stereocenters. The van der Waals surface area contributed by atoms with Gasteiger partial charge in [0.25, 0.3) is 5.91 Å². The maximum atomic E-state index is 13.1. The van der Waals surface area contributed by atoms with Crippen LogP contribution in [0.4, 0.5) is 10.1 Å². The summed E-state index contributed by atoms with van der Waals surface area (Å²) < 4.78 is 23.7. The molecule has 2 amide bonds. The number of aryl methyl sites for hydroxylation is 1. The number of nitrogens with zero attached hydrogens (tertiary/aromatic N) is 1. The molecule has 2 heterocycles. The first-order valence-electron chi connectivity index (χ1n) is 8.52. The molecule has 1 aliphatic heterocycles. The second-order valence-corrected chi connectivity index (χ2v) is 7.03. The molecule has 0 spiro atoms. The maximum absolute atomic E-state index is 13.1. The van der Waals surface area contributed by atoms with Gasteiger partial charge in [-0.25, -0.2) is 4.39 Å². The van der Waals surface area contributed by atoms with Gasteiger partial charge in [0, 0.05) is 12.0 Å². The van der Waals surface area contributed by atoms with Gasteiger partial charge in [0.2, 0.25) is 5.91 Å². The van der Waals surface area contributed by atoms with E-state index in [1.807, 2.05) is 16.8 Å². The SMILES string of the molecule is COc1cc(C(=O)N2CC(F)C2)cc(NC(=O)CCc2ccsc2)c1OC. The third kappa shape index (κ3) is 4.39.